The lowest BCUT2D eigenvalue weighted by atomic mass is 10.1. The number of nitrogens with zero attached hydrogens (tertiary/aromatic N) is 2. The lowest BCUT2D eigenvalue weighted by molar-refractivity contribution is 0.0919. The molecule has 1 aliphatic heterocycles. The molecule has 34 heavy (non-hydrogen) atoms. The maximum Gasteiger partial charge on any atom is 0.251 e. The summed E-state index contributed by atoms with van der Waals surface area (Å²) in [7, 11) is 2.07. The molecule has 2 heterocycles. The van der Waals surface area contributed by atoms with Crippen LogP contribution in [0.25, 0.3) is 0 Å². The molecule has 1 amide bonds. The third-order valence-corrected chi connectivity index (χ3v) is 6.95. The van der Waals surface area contributed by atoms with Crippen molar-refractivity contribution in [3.63, 3.8) is 0 Å². The number of halogens is 2. The number of anilines is 3. The van der Waals surface area contributed by atoms with Crippen molar-refractivity contribution >= 4 is 39.7 Å². The first-order valence-electron chi connectivity index (χ1n) is 10.9. The summed E-state index contributed by atoms with van der Waals surface area (Å²) in [5.74, 6) is -3.07. The van der Waals surface area contributed by atoms with Gasteiger partial charge in [0, 0.05) is 23.3 Å². The summed E-state index contributed by atoms with van der Waals surface area (Å²) >= 11 is 0.894. The summed E-state index contributed by atoms with van der Waals surface area (Å²) in [6, 6.07) is 10.3. The molecule has 178 valence electrons. The molecule has 2 atom stereocenters. The molecular weight excluding hydrogens is 460 g/mol. The Morgan fingerprint density at radius 3 is 2.47 bits per heavy atom. The van der Waals surface area contributed by atoms with Crippen LogP contribution in [0.1, 0.15) is 45.4 Å². The lowest BCUT2D eigenvalue weighted by Gasteiger charge is -2.26. The smallest absolute Gasteiger partial charge is 0.251 e. The minimum absolute atomic E-state index is 0.0336. The van der Waals surface area contributed by atoms with E-state index in [1.165, 1.54) is 6.07 Å². The summed E-state index contributed by atoms with van der Waals surface area (Å²) in [5, 5.41) is 6.35. The van der Waals surface area contributed by atoms with E-state index in [-0.39, 0.29) is 27.8 Å². The van der Waals surface area contributed by atoms with Crippen molar-refractivity contribution in [1.82, 2.24) is 15.2 Å². The van der Waals surface area contributed by atoms with Crippen molar-refractivity contribution in [1.29, 1.82) is 0 Å². The van der Waals surface area contributed by atoms with Gasteiger partial charge in [-0.1, -0.05) is 17.4 Å². The van der Waals surface area contributed by atoms with Gasteiger partial charge in [0.25, 0.3) is 5.91 Å². The number of nitrogen functional groups attached to an aromatic ring is 1. The van der Waals surface area contributed by atoms with Crippen molar-refractivity contribution in [3.05, 3.63) is 70.1 Å². The van der Waals surface area contributed by atoms with Crippen LogP contribution < -0.4 is 16.4 Å². The molecule has 10 heteroatoms. The van der Waals surface area contributed by atoms with Crippen LogP contribution in [-0.2, 0) is 0 Å². The summed E-state index contributed by atoms with van der Waals surface area (Å²) in [6.45, 7) is 3.05. The Morgan fingerprint density at radius 1 is 1.18 bits per heavy atom. The van der Waals surface area contributed by atoms with Gasteiger partial charge in [0.15, 0.2) is 5.13 Å². The van der Waals surface area contributed by atoms with E-state index >= 15 is 0 Å². The van der Waals surface area contributed by atoms with Crippen LogP contribution in [0.3, 0.4) is 0 Å². The number of benzene rings is 2. The highest BCUT2D eigenvalue weighted by Gasteiger charge is 2.27. The number of carbonyl (C=O) groups excluding carboxylic acids is 2. The Labute approximate surface area is 200 Å². The Morgan fingerprint density at radius 2 is 1.85 bits per heavy atom. The molecule has 2 aromatic carbocycles. The average molecular weight is 486 g/mol. The van der Waals surface area contributed by atoms with E-state index in [0.29, 0.717) is 17.3 Å². The van der Waals surface area contributed by atoms with Gasteiger partial charge in [-0.2, -0.15) is 0 Å². The Kier molecular flexibility index (Phi) is 6.90. The van der Waals surface area contributed by atoms with E-state index in [9.17, 15) is 18.4 Å². The summed E-state index contributed by atoms with van der Waals surface area (Å²) in [6.07, 6.45) is 2.19. The number of rotatable bonds is 7. The number of amides is 1. The fourth-order valence-corrected chi connectivity index (χ4v) is 5.01. The third-order valence-electron chi connectivity index (χ3n) is 5.96. The number of likely N-dealkylation sites (N-methyl/N-ethyl adjacent to an activating group) is 1. The normalized spacial score (nSPS) is 16.9. The second kappa shape index (κ2) is 9.86. The summed E-state index contributed by atoms with van der Waals surface area (Å²) in [4.78, 5) is 31.6. The maximum absolute atomic E-state index is 14.0. The molecule has 7 nitrogen and oxygen atoms in total. The zero-order valence-corrected chi connectivity index (χ0v) is 19.6. The quantitative estimate of drug-likeness (QED) is 0.434. The predicted molar refractivity (Wildman–Crippen MR) is 129 cm³/mol. The molecule has 4 rings (SSSR count). The van der Waals surface area contributed by atoms with Crippen LogP contribution in [-0.4, -0.2) is 47.3 Å². The first kappa shape index (κ1) is 23.8. The molecule has 3 aromatic rings. The zero-order valence-electron chi connectivity index (χ0n) is 18.8. The van der Waals surface area contributed by atoms with Crippen LogP contribution >= 0.6 is 11.3 Å². The van der Waals surface area contributed by atoms with Crippen LogP contribution in [0.4, 0.5) is 25.4 Å². The number of hydrogen-bond acceptors (Lipinski definition) is 7. The van der Waals surface area contributed by atoms with Crippen LogP contribution in [0.5, 0.6) is 0 Å². The largest absolute Gasteiger partial charge is 0.382 e. The van der Waals surface area contributed by atoms with Crippen LogP contribution in [0, 0.1) is 11.6 Å². The van der Waals surface area contributed by atoms with E-state index in [0.717, 1.165) is 42.9 Å². The van der Waals surface area contributed by atoms with Crippen molar-refractivity contribution < 1.29 is 18.4 Å². The number of hydrogen-bond donors (Lipinski definition) is 3. The molecule has 1 unspecified atom stereocenters. The summed E-state index contributed by atoms with van der Waals surface area (Å²) in [5.41, 5.74) is 6.31. The molecule has 0 spiro atoms. The Balaban J connectivity index is 1.43. The number of nitrogens with two attached hydrogens (primary N) is 1. The number of likely N-dealkylation sites (tertiary alicyclic amines) is 1. The molecule has 1 aromatic heterocycles. The van der Waals surface area contributed by atoms with Crippen molar-refractivity contribution in [2.75, 3.05) is 24.6 Å². The number of ketones is 1. The van der Waals surface area contributed by atoms with Gasteiger partial charge in [-0.3, -0.25) is 9.59 Å². The molecule has 1 fully saturated rings. The van der Waals surface area contributed by atoms with E-state index < -0.39 is 23.0 Å². The first-order valence-corrected chi connectivity index (χ1v) is 11.7. The number of thiazole rings is 1. The van der Waals surface area contributed by atoms with Gasteiger partial charge in [0.2, 0.25) is 5.78 Å². The number of carbonyl (C=O) groups is 2. The molecule has 0 aliphatic carbocycles. The highest BCUT2D eigenvalue weighted by molar-refractivity contribution is 7.18. The van der Waals surface area contributed by atoms with E-state index in [1.54, 1.807) is 24.3 Å². The van der Waals surface area contributed by atoms with Gasteiger partial charge in [-0.05, 0) is 69.8 Å². The van der Waals surface area contributed by atoms with Crippen molar-refractivity contribution in [2.24, 2.45) is 0 Å². The molecule has 0 bridgehead atoms. The number of nitrogens with one attached hydrogen (secondary N) is 2. The van der Waals surface area contributed by atoms with Crippen LogP contribution in [0.15, 0.2) is 42.5 Å². The molecule has 4 N–H and O–H groups in total. The standard InChI is InChI=1S/C24H25F2N5O2S/c1-13(18-7-4-12-31(18)2)28-23(33)14-8-10-15(11-9-14)29-24-30-22(27)21(34-24)20(32)19-16(25)5-3-6-17(19)26/h3,5-6,8-11,13,18H,4,7,12,27H2,1-2H3,(H,28,33)(H,29,30)/t13-,18?/m0/s1. The maximum atomic E-state index is 14.0. The molecule has 1 aliphatic rings. The highest BCUT2D eigenvalue weighted by Crippen LogP contribution is 2.31. The lowest BCUT2D eigenvalue weighted by Crippen LogP contribution is -2.46. The molecular formula is C24H25F2N5O2S. The fraction of sp³-hybridized carbons (Fsp3) is 0.292. The van der Waals surface area contributed by atoms with Crippen LogP contribution in [0.2, 0.25) is 0 Å². The topological polar surface area (TPSA) is 100 Å². The Bertz CT molecular complexity index is 1190. The molecule has 1 saturated heterocycles. The number of aromatic nitrogens is 1. The van der Waals surface area contributed by atoms with Gasteiger partial charge in [-0.15, -0.1) is 0 Å². The minimum Gasteiger partial charge on any atom is -0.382 e. The summed E-state index contributed by atoms with van der Waals surface area (Å²) < 4.78 is 28.0. The SMILES string of the molecule is C[C@H](NC(=O)c1ccc(Nc2nc(N)c(C(=O)c3c(F)cccc3F)s2)cc1)C1CCCN1C. The predicted octanol–water partition coefficient (Wildman–Crippen LogP) is 4.19. The first-order chi connectivity index (χ1) is 16.2. The average Bonchev–Trinajstić information content (AvgIpc) is 3.39. The zero-order chi connectivity index (χ0) is 24.4. The van der Waals surface area contributed by atoms with Gasteiger partial charge in [0.1, 0.15) is 22.3 Å². The molecule has 0 radical (unpaired) electrons. The van der Waals surface area contributed by atoms with Gasteiger partial charge in [0.05, 0.1) is 5.56 Å². The van der Waals surface area contributed by atoms with E-state index in [1.807, 2.05) is 6.92 Å². The second-order valence-corrected chi connectivity index (χ2v) is 9.31. The van der Waals surface area contributed by atoms with E-state index in [4.69, 9.17) is 5.73 Å². The fourth-order valence-electron chi connectivity index (χ4n) is 4.16. The van der Waals surface area contributed by atoms with E-state index in [2.05, 4.69) is 27.6 Å². The minimum atomic E-state index is -0.963. The van der Waals surface area contributed by atoms with Gasteiger partial charge >= 0.3 is 0 Å². The van der Waals surface area contributed by atoms with Crippen molar-refractivity contribution in [3.8, 4) is 0 Å². The van der Waals surface area contributed by atoms with Crippen molar-refractivity contribution in [2.45, 2.75) is 31.8 Å². The molecule has 0 saturated carbocycles. The second-order valence-electron chi connectivity index (χ2n) is 8.31. The van der Waals surface area contributed by atoms with Gasteiger partial charge < -0.3 is 21.3 Å². The Hall–Kier alpha value is -3.37. The van der Waals surface area contributed by atoms with Gasteiger partial charge in [-0.25, -0.2) is 13.8 Å². The third kappa shape index (κ3) is 4.92. The highest BCUT2D eigenvalue weighted by atomic mass is 32.1. The monoisotopic (exact) mass is 485 g/mol.